The maximum Gasteiger partial charge on any atom is 0.267 e. The third kappa shape index (κ3) is 5.39. The van der Waals surface area contributed by atoms with E-state index in [9.17, 15) is 9.59 Å². The summed E-state index contributed by atoms with van der Waals surface area (Å²) in [6, 6.07) is 15.0. The Kier molecular flexibility index (Phi) is 6.73. The number of morpholine rings is 1. The first kappa shape index (κ1) is 19.5. The quantitative estimate of drug-likeness (QED) is 0.350. The van der Waals surface area contributed by atoms with Crippen molar-refractivity contribution in [1.29, 1.82) is 0 Å². The van der Waals surface area contributed by atoms with Crippen molar-refractivity contribution >= 4 is 29.5 Å². The first-order valence-corrected chi connectivity index (χ1v) is 9.03. The van der Waals surface area contributed by atoms with Crippen LogP contribution in [0.2, 0.25) is 0 Å². The molecule has 0 saturated carbocycles. The molecule has 6 nitrogen and oxygen atoms in total. The van der Waals surface area contributed by atoms with Crippen LogP contribution in [0.25, 0.3) is 12.2 Å². The summed E-state index contributed by atoms with van der Waals surface area (Å²) < 4.78 is 5.37. The van der Waals surface area contributed by atoms with Gasteiger partial charge >= 0.3 is 0 Å². The van der Waals surface area contributed by atoms with E-state index in [1.165, 1.54) is 6.08 Å². The molecule has 3 rings (SSSR count). The van der Waals surface area contributed by atoms with Crippen LogP contribution in [0, 0.1) is 0 Å². The molecular formula is C22H22N2O4. The van der Waals surface area contributed by atoms with Gasteiger partial charge in [0.2, 0.25) is 0 Å². The van der Waals surface area contributed by atoms with Crippen molar-refractivity contribution in [3.8, 4) is 0 Å². The molecule has 1 aliphatic rings. The van der Waals surface area contributed by atoms with Crippen LogP contribution in [-0.2, 0) is 9.53 Å². The van der Waals surface area contributed by atoms with E-state index in [-0.39, 0.29) is 5.78 Å². The van der Waals surface area contributed by atoms with Crippen molar-refractivity contribution < 1.29 is 19.5 Å². The minimum absolute atomic E-state index is 0.0734. The zero-order valence-corrected chi connectivity index (χ0v) is 15.4. The number of rotatable bonds is 6. The second-order valence-corrected chi connectivity index (χ2v) is 6.33. The van der Waals surface area contributed by atoms with E-state index in [0.29, 0.717) is 18.8 Å². The molecule has 0 radical (unpaired) electrons. The molecule has 0 aliphatic carbocycles. The maximum absolute atomic E-state index is 12.6. The Balaban J connectivity index is 1.70. The van der Waals surface area contributed by atoms with Gasteiger partial charge in [-0.15, -0.1) is 0 Å². The number of nitrogens with one attached hydrogen (secondary N) is 1. The van der Waals surface area contributed by atoms with Crippen molar-refractivity contribution in [3.63, 3.8) is 0 Å². The summed E-state index contributed by atoms with van der Waals surface area (Å²) in [4.78, 5) is 25.8. The Hall–Kier alpha value is -3.22. The molecule has 1 fully saturated rings. The molecule has 0 unspecified atom stereocenters. The normalized spacial score (nSPS) is 14.5. The number of hydroxylamine groups is 1. The lowest BCUT2D eigenvalue weighted by Gasteiger charge is -2.29. The van der Waals surface area contributed by atoms with Gasteiger partial charge in [-0.1, -0.05) is 36.4 Å². The number of hydrogen-bond donors (Lipinski definition) is 2. The SMILES string of the molecule is O=C(/C=C/c1cccc(/C=C/C(=O)c2cccc(N3CCOCC3)c2)c1)NO. The van der Waals surface area contributed by atoms with Gasteiger partial charge in [0.05, 0.1) is 13.2 Å². The summed E-state index contributed by atoms with van der Waals surface area (Å²) >= 11 is 0. The number of hydrogen-bond acceptors (Lipinski definition) is 5. The van der Waals surface area contributed by atoms with E-state index in [0.717, 1.165) is 29.9 Å². The lowest BCUT2D eigenvalue weighted by molar-refractivity contribution is -0.124. The molecule has 1 heterocycles. The highest BCUT2D eigenvalue weighted by molar-refractivity contribution is 6.07. The zero-order chi connectivity index (χ0) is 19.8. The summed E-state index contributed by atoms with van der Waals surface area (Å²) in [7, 11) is 0. The molecule has 0 atom stereocenters. The van der Waals surface area contributed by atoms with Gasteiger partial charge in [0, 0.05) is 30.4 Å². The molecular weight excluding hydrogens is 356 g/mol. The van der Waals surface area contributed by atoms with E-state index >= 15 is 0 Å². The van der Waals surface area contributed by atoms with E-state index < -0.39 is 5.91 Å². The third-order valence-corrected chi connectivity index (χ3v) is 4.38. The number of benzene rings is 2. The number of allylic oxidation sites excluding steroid dienone is 1. The molecule has 1 saturated heterocycles. The third-order valence-electron chi connectivity index (χ3n) is 4.38. The average molecular weight is 378 g/mol. The summed E-state index contributed by atoms with van der Waals surface area (Å²) in [6.07, 6.45) is 6.09. The van der Waals surface area contributed by atoms with Gasteiger partial charge in [0.15, 0.2) is 5.78 Å². The first-order valence-electron chi connectivity index (χ1n) is 9.03. The van der Waals surface area contributed by atoms with Crippen LogP contribution in [0.15, 0.2) is 60.7 Å². The van der Waals surface area contributed by atoms with Crippen LogP contribution in [-0.4, -0.2) is 43.2 Å². The Morgan fingerprint density at radius 2 is 1.64 bits per heavy atom. The highest BCUT2D eigenvalue weighted by atomic mass is 16.5. The van der Waals surface area contributed by atoms with Crippen LogP contribution in [0.5, 0.6) is 0 Å². The van der Waals surface area contributed by atoms with Crippen LogP contribution in [0.1, 0.15) is 21.5 Å². The molecule has 2 aromatic rings. The number of ether oxygens (including phenoxy) is 1. The van der Waals surface area contributed by atoms with Crippen molar-refractivity contribution in [2.75, 3.05) is 31.2 Å². The van der Waals surface area contributed by atoms with E-state index in [1.54, 1.807) is 23.7 Å². The second kappa shape index (κ2) is 9.64. The molecule has 0 spiro atoms. The summed E-state index contributed by atoms with van der Waals surface area (Å²) in [6.45, 7) is 3.04. The summed E-state index contributed by atoms with van der Waals surface area (Å²) in [5.41, 5.74) is 4.82. The molecule has 2 N–H and O–H groups in total. The van der Waals surface area contributed by atoms with Crippen molar-refractivity contribution in [2.45, 2.75) is 0 Å². The number of carbonyl (C=O) groups excluding carboxylic acids is 2. The largest absolute Gasteiger partial charge is 0.378 e. The molecule has 1 amide bonds. The highest BCUT2D eigenvalue weighted by Gasteiger charge is 2.12. The van der Waals surface area contributed by atoms with E-state index in [4.69, 9.17) is 9.94 Å². The molecule has 1 aliphatic heterocycles. The monoisotopic (exact) mass is 378 g/mol. The fraction of sp³-hybridized carbons (Fsp3) is 0.182. The van der Waals surface area contributed by atoms with Crippen LogP contribution < -0.4 is 10.4 Å². The van der Waals surface area contributed by atoms with Gasteiger partial charge in [-0.25, -0.2) is 5.48 Å². The smallest absolute Gasteiger partial charge is 0.267 e. The van der Waals surface area contributed by atoms with Gasteiger partial charge in [0.1, 0.15) is 0 Å². The lowest BCUT2D eigenvalue weighted by atomic mass is 10.1. The van der Waals surface area contributed by atoms with Gasteiger partial charge in [-0.2, -0.15) is 0 Å². The fourth-order valence-electron chi connectivity index (χ4n) is 2.92. The molecule has 28 heavy (non-hydrogen) atoms. The van der Waals surface area contributed by atoms with Crippen molar-refractivity contribution in [2.24, 2.45) is 0 Å². The number of anilines is 1. The van der Waals surface area contributed by atoms with Crippen LogP contribution in [0.4, 0.5) is 5.69 Å². The Morgan fingerprint density at radius 1 is 0.964 bits per heavy atom. The zero-order valence-electron chi connectivity index (χ0n) is 15.4. The van der Waals surface area contributed by atoms with Crippen molar-refractivity contribution in [3.05, 3.63) is 77.4 Å². The highest BCUT2D eigenvalue weighted by Crippen LogP contribution is 2.18. The number of carbonyl (C=O) groups is 2. The average Bonchev–Trinajstić information content (AvgIpc) is 2.76. The number of amides is 1. The van der Waals surface area contributed by atoms with Crippen LogP contribution >= 0.6 is 0 Å². The maximum atomic E-state index is 12.6. The van der Waals surface area contributed by atoms with Gasteiger partial charge in [-0.05, 0) is 41.5 Å². The standard InChI is InChI=1S/C22H22N2O4/c25-21(19-5-2-6-20(16-19)24-11-13-28-14-12-24)9-7-17-3-1-4-18(15-17)8-10-22(26)23-27/h1-10,15-16,27H,11-14H2,(H,23,26)/b9-7+,10-8+. The van der Waals surface area contributed by atoms with Crippen molar-refractivity contribution in [1.82, 2.24) is 5.48 Å². The predicted octanol–water partition coefficient (Wildman–Crippen LogP) is 2.94. The summed E-state index contributed by atoms with van der Waals surface area (Å²) in [5, 5.41) is 8.51. The van der Waals surface area contributed by atoms with Gasteiger partial charge in [0.25, 0.3) is 5.91 Å². The first-order chi connectivity index (χ1) is 13.7. The second-order valence-electron chi connectivity index (χ2n) is 6.33. The van der Waals surface area contributed by atoms with Gasteiger partial charge in [-0.3, -0.25) is 14.8 Å². The Labute approximate surface area is 163 Å². The van der Waals surface area contributed by atoms with Crippen LogP contribution in [0.3, 0.4) is 0 Å². The summed E-state index contributed by atoms with van der Waals surface area (Å²) in [5.74, 6) is -0.674. The molecule has 0 aromatic heterocycles. The topological polar surface area (TPSA) is 78.9 Å². The Morgan fingerprint density at radius 3 is 2.36 bits per heavy atom. The van der Waals surface area contributed by atoms with Gasteiger partial charge < -0.3 is 9.64 Å². The molecule has 144 valence electrons. The lowest BCUT2D eigenvalue weighted by Crippen LogP contribution is -2.36. The fourth-order valence-corrected chi connectivity index (χ4v) is 2.92. The molecule has 0 bridgehead atoms. The number of ketones is 1. The molecule has 6 heteroatoms. The molecule has 2 aromatic carbocycles. The minimum Gasteiger partial charge on any atom is -0.378 e. The predicted molar refractivity (Wildman–Crippen MR) is 108 cm³/mol. The van der Waals surface area contributed by atoms with E-state index in [2.05, 4.69) is 4.90 Å². The van der Waals surface area contributed by atoms with E-state index in [1.807, 2.05) is 48.5 Å². The number of nitrogens with zero attached hydrogens (tertiary/aromatic N) is 1. The minimum atomic E-state index is -0.601. The Bertz CT molecular complexity index is 899.